The fourth-order valence-electron chi connectivity index (χ4n) is 11.5. The van der Waals surface area contributed by atoms with Crippen molar-refractivity contribution in [2.75, 3.05) is 52.5 Å². The van der Waals surface area contributed by atoms with Crippen LogP contribution in [0.3, 0.4) is 0 Å². The molecule has 0 bridgehead atoms. The molecule has 10 rings (SSSR count). The predicted octanol–water partition coefficient (Wildman–Crippen LogP) is 9.22. The Morgan fingerprint density at radius 1 is 0.558 bits per heavy atom. The third kappa shape index (κ3) is 6.38. The molecule has 0 radical (unpaired) electrons. The first-order valence-electron chi connectivity index (χ1n) is 20.6. The Labute approximate surface area is 311 Å². The van der Waals surface area contributed by atoms with Crippen LogP contribution in [0.15, 0.2) is 103 Å². The third-order valence-corrected chi connectivity index (χ3v) is 14.6. The molecule has 0 aromatic heterocycles. The molecule has 0 N–H and O–H groups in total. The van der Waals surface area contributed by atoms with Gasteiger partial charge in [0.25, 0.3) is 0 Å². The summed E-state index contributed by atoms with van der Waals surface area (Å²) in [6, 6.07) is 39.2. The quantitative estimate of drug-likeness (QED) is 0.193. The normalized spacial score (nSPS) is 29.5. The van der Waals surface area contributed by atoms with Crippen molar-refractivity contribution in [2.24, 2.45) is 0 Å². The molecule has 2 aliphatic carbocycles. The first-order chi connectivity index (χ1) is 25.6. The van der Waals surface area contributed by atoms with Gasteiger partial charge in [0, 0.05) is 57.0 Å². The largest absolute Gasteiger partial charge is 0.374 e. The van der Waals surface area contributed by atoms with Gasteiger partial charge in [0.1, 0.15) is 0 Å². The number of nitrogens with zero attached hydrogens (tertiary/aromatic N) is 2. The smallest absolute Gasteiger partial charge is 0.0713 e. The Kier molecular flexibility index (Phi) is 8.87. The van der Waals surface area contributed by atoms with Crippen molar-refractivity contribution in [3.63, 3.8) is 0 Å². The Morgan fingerprint density at radius 3 is 1.77 bits per heavy atom. The highest BCUT2D eigenvalue weighted by Crippen LogP contribution is 2.48. The van der Waals surface area contributed by atoms with Crippen LogP contribution in [0.5, 0.6) is 0 Å². The molecule has 4 aromatic rings. The van der Waals surface area contributed by atoms with E-state index in [0.29, 0.717) is 29.6 Å². The highest BCUT2D eigenvalue weighted by molar-refractivity contribution is 5.46. The topological polar surface area (TPSA) is 24.9 Å². The summed E-state index contributed by atoms with van der Waals surface area (Å²) in [4.78, 5) is 5.53. The predicted molar refractivity (Wildman–Crippen MR) is 209 cm³/mol. The number of hydrogen-bond donors (Lipinski definition) is 0. The van der Waals surface area contributed by atoms with Crippen molar-refractivity contribution in [2.45, 2.75) is 98.6 Å². The van der Waals surface area contributed by atoms with Crippen LogP contribution < -0.4 is 0 Å². The van der Waals surface area contributed by atoms with Crippen molar-refractivity contribution in [1.82, 2.24) is 9.80 Å². The summed E-state index contributed by atoms with van der Waals surface area (Å²) in [6.45, 7) is 8.77. The van der Waals surface area contributed by atoms with Crippen LogP contribution in [-0.2, 0) is 22.3 Å². The summed E-state index contributed by atoms with van der Waals surface area (Å²) in [7, 11) is 0. The van der Waals surface area contributed by atoms with Crippen LogP contribution in [0, 0.1) is 0 Å². The maximum atomic E-state index is 6.62. The van der Waals surface area contributed by atoms with Crippen LogP contribution >= 0.6 is 0 Å². The molecule has 4 heteroatoms. The average Bonchev–Trinajstić information content (AvgIpc) is 4.00. The molecule has 4 aliphatic heterocycles. The summed E-state index contributed by atoms with van der Waals surface area (Å²) in [5.74, 6) is 2.89. The molecule has 5 atom stereocenters. The van der Waals surface area contributed by atoms with Gasteiger partial charge in [0.2, 0.25) is 0 Å². The van der Waals surface area contributed by atoms with E-state index in [-0.39, 0.29) is 11.2 Å². The van der Waals surface area contributed by atoms with E-state index in [1.807, 2.05) is 0 Å². The molecule has 52 heavy (non-hydrogen) atoms. The van der Waals surface area contributed by atoms with E-state index in [1.165, 1.54) is 75.7 Å². The Balaban J connectivity index is 0.775. The molecule has 3 unspecified atom stereocenters. The van der Waals surface area contributed by atoms with Gasteiger partial charge in [0.05, 0.1) is 24.4 Å². The van der Waals surface area contributed by atoms with Crippen molar-refractivity contribution >= 4 is 0 Å². The minimum absolute atomic E-state index is 0.0752. The number of ether oxygens (including phenoxy) is 2. The number of fused-ring (bicyclic) bond motifs is 2. The van der Waals surface area contributed by atoms with E-state index in [4.69, 9.17) is 9.47 Å². The Hall–Kier alpha value is -3.28. The maximum absolute atomic E-state index is 6.62. The number of piperidine rings is 2. The minimum atomic E-state index is 0.0752. The zero-order valence-corrected chi connectivity index (χ0v) is 30.9. The standard InChI is InChI=1S/C48H56N2O2/c1-3-9-35(10-4-1)41-29-47(51-33-41)19-23-49(24-20-47)31-40-16-15-38-27-39(17-18-43(38)40)45-28-37-13-7-8-14-44(37)46(45)32-50-25-21-48(22-26-50)30-42(34-52-48)36-11-5-2-6-12-36/h1-14,17-18,27,40-42,45-46H,15-16,19-26,28-34H2/t40-,41-,42?,45?,46?/m0/s1. The van der Waals surface area contributed by atoms with Gasteiger partial charge in [-0.15, -0.1) is 0 Å². The van der Waals surface area contributed by atoms with Crippen molar-refractivity contribution in [3.8, 4) is 0 Å². The lowest BCUT2D eigenvalue weighted by molar-refractivity contribution is -0.0445. The van der Waals surface area contributed by atoms with Crippen LogP contribution in [0.1, 0.15) is 113 Å². The van der Waals surface area contributed by atoms with Crippen molar-refractivity contribution < 1.29 is 9.47 Å². The van der Waals surface area contributed by atoms with E-state index in [9.17, 15) is 0 Å². The molecule has 0 amide bonds. The van der Waals surface area contributed by atoms with Crippen LogP contribution in [0.25, 0.3) is 0 Å². The SMILES string of the molecule is c1ccc(C2COC3(CCN(CC4c5ccccc5CC4c4ccc5c(c4)CC[C@H]5CN4CCC5(CC4)C[C@H](c4ccccc4)CO5)CC3)C2)cc1. The monoisotopic (exact) mass is 692 g/mol. The number of benzene rings is 4. The fraction of sp³-hybridized carbons (Fsp3) is 0.500. The zero-order chi connectivity index (χ0) is 34.5. The molecule has 4 saturated heterocycles. The molecule has 4 heterocycles. The van der Waals surface area contributed by atoms with E-state index >= 15 is 0 Å². The summed E-state index contributed by atoms with van der Waals surface area (Å²) in [6.07, 6.45) is 10.7. The van der Waals surface area contributed by atoms with Crippen LogP contribution in [0.4, 0.5) is 0 Å². The van der Waals surface area contributed by atoms with Gasteiger partial charge in [0.15, 0.2) is 0 Å². The van der Waals surface area contributed by atoms with Gasteiger partial charge in [-0.25, -0.2) is 0 Å². The highest BCUT2D eigenvalue weighted by atomic mass is 16.5. The van der Waals surface area contributed by atoms with E-state index in [0.717, 1.165) is 45.7 Å². The first kappa shape index (κ1) is 33.3. The number of hydrogen-bond acceptors (Lipinski definition) is 4. The van der Waals surface area contributed by atoms with Crippen molar-refractivity contribution in [1.29, 1.82) is 0 Å². The van der Waals surface area contributed by atoms with Crippen molar-refractivity contribution in [3.05, 3.63) is 142 Å². The molecule has 270 valence electrons. The number of rotatable bonds is 7. The fourth-order valence-corrected chi connectivity index (χ4v) is 11.5. The maximum Gasteiger partial charge on any atom is 0.0713 e. The third-order valence-electron chi connectivity index (χ3n) is 14.6. The van der Waals surface area contributed by atoms with Gasteiger partial charge in [-0.3, -0.25) is 0 Å². The summed E-state index contributed by atoms with van der Waals surface area (Å²) in [5.41, 5.74) is 11.1. The van der Waals surface area contributed by atoms with Gasteiger partial charge >= 0.3 is 0 Å². The van der Waals surface area contributed by atoms with Gasteiger partial charge in [-0.1, -0.05) is 103 Å². The summed E-state index contributed by atoms with van der Waals surface area (Å²) in [5, 5.41) is 0. The average molecular weight is 693 g/mol. The second-order valence-corrected chi connectivity index (χ2v) is 17.5. The molecule has 2 spiro atoms. The summed E-state index contributed by atoms with van der Waals surface area (Å²) < 4.78 is 13.2. The lowest BCUT2D eigenvalue weighted by atomic mass is 9.81. The molecule has 0 saturated carbocycles. The molecule has 4 nitrogen and oxygen atoms in total. The highest BCUT2D eigenvalue weighted by Gasteiger charge is 2.45. The second-order valence-electron chi connectivity index (χ2n) is 17.5. The van der Waals surface area contributed by atoms with E-state index in [2.05, 4.69) is 113 Å². The minimum Gasteiger partial charge on any atom is -0.374 e. The van der Waals surface area contributed by atoms with Crippen LogP contribution in [-0.4, -0.2) is 73.5 Å². The first-order valence-corrected chi connectivity index (χ1v) is 20.6. The number of aryl methyl sites for hydroxylation is 1. The molecular weight excluding hydrogens is 637 g/mol. The van der Waals surface area contributed by atoms with E-state index in [1.54, 1.807) is 27.8 Å². The van der Waals surface area contributed by atoms with Crippen LogP contribution in [0.2, 0.25) is 0 Å². The molecule has 4 aromatic carbocycles. The molecule has 6 aliphatic rings. The summed E-state index contributed by atoms with van der Waals surface area (Å²) >= 11 is 0. The second kappa shape index (κ2) is 13.9. The lowest BCUT2D eigenvalue weighted by Crippen LogP contribution is -2.45. The lowest BCUT2D eigenvalue weighted by Gasteiger charge is -2.40. The van der Waals surface area contributed by atoms with E-state index < -0.39 is 0 Å². The molecule has 4 fully saturated rings. The van der Waals surface area contributed by atoms with Gasteiger partial charge in [-0.2, -0.15) is 0 Å². The van der Waals surface area contributed by atoms with Gasteiger partial charge in [-0.05, 0) is 109 Å². The Morgan fingerprint density at radius 2 is 1.13 bits per heavy atom. The number of likely N-dealkylation sites (tertiary alicyclic amines) is 2. The van der Waals surface area contributed by atoms with Gasteiger partial charge < -0.3 is 19.3 Å². The zero-order valence-electron chi connectivity index (χ0n) is 30.9. The molecular formula is C48H56N2O2. The Bertz CT molecular complexity index is 1840.